The number of ether oxygens (including phenoxy) is 1. The smallest absolute Gasteiger partial charge is 0.337 e. The lowest BCUT2D eigenvalue weighted by molar-refractivity contribution is 0.0697. The van der Waals surface area contributed by atoms with E-state index >= 15 is 0 Å². The normalized spacial score (nSPS) is 11.6. The van der Waals surface area contributed by atoms with Crippen LogP contribution in [0.25, 0.3) is 11.1 Å². The Labute approximate surface area is 163 Å². The van der Waals surface area contributed by atoms with Gasteiger partial charge in [0.25, 0.3) is 5.91 Å². The van der Waals surface area contributed by atoms with Crippen LogP contribution in [0.5, 0.6) is 11.5 Å². The summed E-state index contributed by atoms with van der Waals surface area (Å²) >= 11 is 0. The Morgan fingerprint density at radius 2 is 1.69 bits per heavy atom. The van der Waals surface area contributed by atoms with Gasteiger partial charge in [-0.1, -0.05) is 12.1 Å². The molecule has 146 valence electrons. The number of hydrogen-bond donors (Lipinski definition) is 3. The van der Waals surface area contributed by atoms with Crippen molar-refractivity contribution in [2.24, 2.45) is 0 Å². The maximum Gasteiger partial charge on any atom is 0.337 e. The summed E-state index contributed by atoms with van der Waals surface area (Å²) in [5.41, 5.74) is 1.76. The van der Waals surface area contributed by atoms with Gasteiger partial charge in [-0.25, -0.2) is 13.6 Å². The van der Waals surface area contributed by atoms with E-state index in [9.17, 15) is 23.5 Å². The van der Waals surface area contributed by atoms with Gasteiger partial charge in [-0.15, -0.1) is 0 Å². The van der Waals surface area contributed by atoms with Crippen molar-refractivity contribution in [3.05, 3.63) is 71.3 Å². The van der Waals surface area contributed by atoms with Crippen molar-refractivity contribution in [3.8, 4) is 22.6 Å². The Morgan fingerprint density at radius 3 is 2.38 bits per heavy atom. The number of benzene rings is 3. The van der Waals surface area contributed by atoms with Crippen LogP contribution in [0, 0.1) is 11.6 Å². The second-order valence-corrected chi connectivity index (χ2v) is 6.35. The predicted octanol–water partition coefficient (Wildman–Crippen LogP) is 4.54. The number of carboxylic acids is 1. The molecule has 1 aliphatic rings. The van der Waals surface area contributed by atoms with Crippen molar-refractivity contribution in [2.45, 2.75) is 0 Å². The van der Waals surface area contributed by atoms with Crippen LogP contribution in [-0.4, -0.2) is 24.0 Å². The largest absolute Gasteiger partial charge is 0.478 e. The quantitative estimate of drug-likeness (QED) is 0.473. The van der Waals surface area contributed by atoms with E-state index < -0.39 is 23.5 Å². The highest BCUT2D eigenvalue weighted by Gasteiger charge is 2.25. The number of amides is 1. The molecule has 0 aromatic heterocycles. The third-order valence-electron chi connectivity index (χ3n) is 4.54. The molecule has 0 unspecified atom stereocenters. The zero-order chi connectivity index (χ0) is 20.7. The highest BCUT2D eigenvalue weighted by atomic mass is 19.2. The van der Waals surface area contributed by atoms with E-state index in [0.717, 1.165) is 12.1 Å². The number of anilines is 2. The van der Waals surface area contributed by atoms with E-state index in [1.807, 2.05) is 0 Å². The third kappa shape index (κ3) is 3.25. The van der Waals surface area contributed by atoms with E-state index in [2.05, 4.69) is 10.6 Å². The molecule has 4 rings (SSSR count). The molecule has 8 heteroatoms. The summed E-state index contributed by atoms with van der Waals surface area (Å²) in [6.45, 7) is 0. The topological polar surface area (TPSA) is 87.7 Å². The van der Waals surface area contributed by atoms with E-state index in [-0.39, 0.29) is 22.6 Å². The van der Waals surface area contributed by atoms with Crippen molar-refractivity contribution in [1.29, 1.82) is 0 Å². The third-order valence-corrected chi connectivity index (χ3v) is 4.54. The molecule has 6 nitrogen and oxygen atoms in total. The Kier molecular flexibility index (Phi) is 4.38. The van der Waals surface area contributed by atoms with Gasteiger partial charge in [-0.3, -0.25) is 4.79 Å². The number of hydrogen-bond acceptors (Lipinski definition) is 4. The maximum atomic E-state index is 13.6. The van der Waals surface area contributed by atoms with Crippen LogP contribution < -0.4 is 15.4 Å². The summed E-state index contributed by atoms with van der Waals surface area (Å²) in [6, 6.07) is 11.2. The van der Waals surface area contributed by atoms with Crippen molar-refractivity contribution in [2.75, 3.05) is 12.4 Å². The number of carbonyl (C=O) groups excluding carboxylic acids is 1. The van der Waals surface area contributed by atoms with Crippen LogP contribution in [0.15, 0.2) is 48.5 Å². The molecule has 29 heavy (non-hydrogen) atoms. The van der Waals surface area contributed by atoms with Gasteiger partial charge in [0, 0.05) is 12.6 Å². The molecule has 3 N–H and O–H groups in total. The molecule has 0 atom stereocenters. The molecule has 3 aromatic carbocycles. The van der Waals surface area contributed by atoms with Gasteiger partial charge in [-0.2, -0.15) is 0 Å². The summed E-state index contributed by atoms with van der Waals surface area (Å²) in [7, 11) is 1.44. The summed E-state index contributed by atoms with van der Waals surface area (Å²) < 4.78 is 32.6. The predicted molar refractivity (Wildman–Crippen MR) is 102 cm³/mol. The number of aromatic carboxylic acids is 1. The fourth-order valence-corrected chi connectivity index (χ4v) is 3.09. The molecule has 1 aliphatic heterocycles. The van der Waals surface area contributed by atoms with Crippen molar-refractivity contribution in [1.82, 2.24) is 5.32 Å². The minimum absolute atomic E-state index is 0.114. The van der Waals surface area contributed by atoms with E-state index in [1.54, 1.807) is 18.2 Å². The van der Waals surface area contributed by atoms with Gasteiger partial charge >= 0.3 is 5.97 Å². The maximum absolute atomic E-state index is 13.6. The summed E-state index contributed by atoms with van der Waals surface area (Å²) in [5, 5.41) is 15.0. The standard InChI is InChI=1S/C21H14F2N2O4/c1-24-20(26)12-6-13(21(27)28)19-18(9-12)29-17-8-11(3-5-16(17)25-19)10-2-4-14(22)15(23)7-10/h2-9,25H,1H3,(H,24,26)(H,27,28). The molecule has 0 aliphatic carbocycles. The highest BCUT2D eigenvalue weighted by molar-refractivity contribution is 6.03. The van der Waals surface area contributed by atoms with Gasteiger partial charge in [0.2, 0.25) is 0 Å². The summed E-state index contributed by atoms with van der Waals surface area (Å²) in [5.74, 6) is -3.07. The molecule has 0 radical (unpaired) electrons. The Morgan fingerprint density at radius 1 is 0.966 bits per heavy atom. The fourth-order valence-electron chi connectivity index (χ4n) is 3.09. The average molecular weight is 396 g/mol. The molecule has 0 saturated carbocycles. The molecule has 0 bridgehead atoms. The lowest BCUT2D eigenvalue weighted by Crippen LogP contribution is -2.19. The van der Waals surface area contributed by atoms with Crippen LogP contribution in [0.4, 0.5) is 20.2 Å². The first-order chi connectivity index (χ1) is 13.9. The van der Waals surface area contributed by atoms with Crippen molar-refractivity contribution < 1.29 is 28.2 Å². The zero-order valence-corrected chi connectivity index (χ0v) is 15.0. The molecule has 1 heterocycles. The summed E-state index contributed by atoms with van der Waals surface area (Å²) in [6.07, 6.45) is 0. The zero-order valence-electron chi connectivity index (χ0n) is 15.0. The van der Waals surface area contributed by atoms with Crippen LogP contribution in [0.1, 0.15) is 20.7 Å². The molecular weight excluding hydrogens is 382 g/mol. The Balaban J connectivity index is 1.78. The minimum atomic E-state index is -1.22. The molecular formula is C21H14F2N2O4. The minimum Gasteiger partial charge on any atom is -0.478 e. The van der Waals surface area contributed by atoms with E-state index in [0.29, 0.717) is 22.6 Å². The molecule has 3 aromatic rings. The number of halogens is 2. The molecule has 0 fully saturated rings. The van der Waals surface area contributed by atoms with Crippen molar-refractivity contribution in [3.63, 3.8) is 0 Å². The second-order valence-electron chi connectivity index (χ2n) is 6.35. The molecule has 1 amide bonds. The average Bonchev–Trinajstić information content (AvgIpc) is 2.72. The number of nitrogens with one attached hydrogen (secondary N) is 2. The van der Waals surface area contributed by atoms with E-state index in [4.69, 9.17) is 4.74 Å². The second kappa shape index (κ2) is 6.90. The lowest BCUT2D eigenvalue weighted by Gasteiger charge is -2.24. The van der Waals surface area contributed by atoms with E-state index in [1.165, 1.54) is 25.2 Å². The van der Waals surface area contributed by atoms with Gasteiger partial charge in [-0.05, 0) is 47.5 Å². The number of rotatable bonds is 3. The van der Waals surface area contributed by atoms with Gasteiger partial charge in [0.15, 0.2) is 23.1 Å². The SMILES string of the molecule is CNC(=O)c1cc2c(c(C(=O)O)c1)Nc1ccc(-c3ccc(F)c(F)c3)cc1O2. The van der Waals surface area contributed by atoms with Crippen molar-refractivity contribution >= 4 is 23.3 Å². The van der Waals surface area contributed by atoms with Crippen LogP contribution in [0.2, 0.25) is 0 Å². The fraction of sp³-hybridized carbons (Fsp3) is 0.0476. The lowest BCUT2D eigenvalue weighted by atomic mass is 10.0. The molecule has 0 saturated heterocycles. The van der Waals surface area contributed by atoms with Crippen LogP contribution in [-0.2, 0) is 0 Å². The number of carboxylic acid groups (broad SMARTS) is 1. The Hall–Kier alpha value is -3.94. The number of carbonyl (C=O) groups is 2. The summed E-state index contributed by atoms with van der Waals surface area (Å²) in [4.78, 5) is 23.6. The van der Waals surface area contributed by atoms with Crippen LogP contribution in [0.3, 0.4) is 0 Å². The highest BCUT2D eigenvalue weighted by Crippen LogP contribution is 2.45. The monoisotopic (exact) mass is 396 g/mol. The van der Waals surface area contributed by atoms with Gasteiger partial charge in [0.1, 0.15) is 0 Å². The first-order valence-corrected chi connectivity index (χ1v) is 8.55. The number of fused-ring (bicyclic) bond motifs is 2. The first-order valence-electron chi connectivity index (χ1n) is 8.55. The molecule has 0 spiro atoms. The van der Waals surface area contributed by atoms with Gasteiger partial charge < -0.3 is 20.5 Å². The van der Waals surface area contributed by atoms with Crippen LogP contribution >= 0.6 is 0 Å². The Bertz CT molecular complexity index is 1180. The van der Waals surface area contributed by atoms with Gasteiger partial charge in [0.05, 0.1) is 16.9 Å². The first kappa shape index (κ1) is 18.4.